The van der Waals surface area contributed by atoms with Crippen molar-refractivity contribution in [3.05, 3.63) is 48.5 Å². The summed E-state index contributed by atoms with van der Waals surface area (Å²) in [6.07, 6.45) is 0. The van der Waals surface area contributed by atoms with Gasteiger partial charge in [-0.25, -0.2) is 0 Å². The minimum atomic E-state index is -0.932. The average Bonchev–Trinajstić information content (AvgIpc) is 2.25. The third-order valence-corrected chi connectivity index (χ3v) is 1.63. The van der Waals surface area contributed by atoms with Gasteiger partial charge in [-0.3, -0.25) is 30.3 Å². The number of non-ortho nitro benzene ring substituents is 2. The zero-order chi connectivity index (χ0) is 13.0. The summed E-state index contributed by atoms with van der Waals surface area (Å²) in [4.78, 5) is 28.4. The van der Waals surface area contributed by atoms with Crippen LogP contribution in [0, 0.1) is 30.3 Å². The Bertz CT molecular complexity index is 454. The molecular weight excluding hydrogens is 238 g/mol. The molecule has 0 aliphatic rings. The molecule has 0 amide bonds. The van der Waals surface area contributed by atoms with E-state index in [2.05, 4.69) is 4.74 Å². The molecule has 1 rings (SSSR count). The van der Waals surface area contributed by atoms with Crippen LogP contribution in [0.25, 0.3) is 0 Å². The number of hydrogen-bond acceptors (Lipinski definition) is 7. The summed E-state index contributed by atoms with van der Waals surface area (Å²) >= 11 is 0. The van der Waals surface area contributed by atoms with E-state index in [1.54, 1.807) is 0 Å². The molecule has 0 spiro atoms. The maximum absolute atomic E-state index is 10.5. The Kier molecular flexibility index (Phi) is 3.49. The molecule has 10 nitrogen and oxygen atoms in total. The van der Waals surface area contributed by atoms with Gasteiger partial charge in [0.2, 0.25) is 0 Å². The Balaban J connectivity index is 3.08. The third-order valence-electron chi connectivity index (χ3n) is 1.63. The molecule has 0 aliphatic heterocycles. The van der Waals surface area contributed by atoms with E-state index in [0.717, 1.165) is 18.2 Å². The molecule has 0 aromatic heterocycles. The van der Waals surface area contributed by atoms with Crippen LogP contribution < -0.4 is 4.74 Å². The summed E-state index contributed by atoms with van der Waals surface area (Å²) in [5.74, 6) is -0.303. The maximum Gasteiger partial charge on any atom is 0.344 e. The standard InChI is InChI=1S/C7H5N3O7/c11-8(12)4-17-7-2-5(9(13)14)1-6(3-7)10(15)16/h1-3H,4H2. The van der Waals surface area contributed by atoms with Gasteiger partial charge in [-0.05, 0) is 0 Å². The highest BCUT2D eigenvalue weighted by Crippen LogP contribution is 2.27. The molecule has 0 N–H and O–H groups in total. The van der Waals surface area contributed by atoms with Gasteiger partial charge in [0, 0.05) is 0 Å². The molecule has 0 saturated heterocycles. The van der Waals surface area contributed by atoms with Crippen molar-refractivity contribution in [1.29, 1.82) is 0 Å². The number of nitro groups is 3. The smallest absolute Gasteiger partial charge is 0.344 e. The van der Waals surface area contributed by atoms with E-state index in [1.165, 1.54) is 0 Å². The predicted molar refractivity (Wildman–Crippen MR) is 52.2 cm³/mol. The van der Waals surface area contributed by atoms with Crippen LogP contribution in [0.3, 0.4) is 0 Å². The number of hydrogen-bond donors (Lipinski definition) is 0. The number of ether oxygens (including phenoxy) is 1. The van der Waals surface area contributed by atoms with E-state index >= 15 is 0 Å². The summed E-state index contributed by atoms with van der Waals surface area (Å²) in [6.45, 7) is -0.932. The van der Waals surface area contributed by atoms with Crippen molar-refractivity contribution in [2.75, 3.05) is 6.73 Å². The Morgan fingerprint density at radius 1 is 0.941 bits per heavy atom. The number of rotatable bonds is 5. The first kappa shape index (κ1) is 12.3. The SMILES string of the molecule is O=[N+]([O-])COc1cc([N+](=O)[O-])cc([N+](=O)[O-])c1. The normalized spacial score (nSPS) is 9.65. The minimum Gasteiger partial charge on any atom is -0.432 e. The average molecular weight is 243 g/mol. The number of nitrogens with zero attached hydrogens (tertiary/aromatic N) is 3. The summed E-state index contributed by atoms with van der Waals surface area (Å²) in [5.41, 5.74) is -1.14. The van der Waals surface area contributed by atoms with Gasteiger partial charge < -0.3 is 4.74 Å². The molecule has 0 aliphatic carbocycles. The van der Waals surface area contributed by atoms with Crippen LogP contribution in [0.2, 0.25) is 0 Å². The van der Waals surface area contributed by atoms with Crippen molar-refractivity contribution in [2.24, 2.45) is 0 Å². The van der Waals surface area contributed by atoms with E-state index in [9.17, 15) is 30.3 Å². The molecule has 0 unspecified atom stereocenters. The van der Waals surface area contributed by atoms with Crippen LogP contribution in [0.4, 0.5) is 11.4 Å². The topological polar surface area (TPSA) is 139 Å². The predicted octanol–water partition coefficient (Wildman–Crippen LogP) is 1.12. The minimum absolute atomic E-state index is 0.303. The molecule has 17 heavy (non-hydrogen) atoms. The molecule has 10 heteroatoms. The van der Waals surface area contributed by atoms with Crippen molar-refractivity contribution in [1.82, 2.24) is 0 Å². The van der Waals surface area contributed by atoms with Crippen LogP contribution in [-0.4, -0.2) is 21.5 Å². The highest BCUT2D eigenvalue weighted by atomic mass is 16.7. The molecule has 1 aromatic carbocycles. The fraction of sp³-hybridized carbons (Fsp3) is 0.143. The fourth-order valence-electron chi connectivity index (χ4n) is 0.989. The second kappa shape index (κ2) is 4.83. The van der Waals surface area contributed by atoms with Gasteiger partial charge >= 0.3 is 6.73 Å². The summed E-state index contributed by atoms with van der Waals surface area (Å²) in [7, 11) is 0. The van der Waals surface area contributed by atoms with Crippen LogP contribution in [-0.2, 0) is 0 Å². The highest BCUT2D eigenvalue weighted by Gasteiger charge is 2.17. The van der Waals surface area contributed by atoms with Gasteiger partial charge in [0.05, 0.1) is 33.0 Å². The number of nitro benzene ring substituents is 2. The maximum atomic E-state index is 10.5. The van der Waals surface area contributed by atoms with Crippen LogP contribution in [0.15, 0.2) is 18.2 Å². The van der Waals surface area contributed by atoms with Gasteiger partial charge in [0.1, 0.15) is 5.75 Å². The lowest BCUT2D eigenvalue weighted by Gasteiger charge is -2.01. The van der Waals surface area contributed by atoms with Gasteiger partial charge in [0.15, 0.2) is 0 Å². The van der Waals surface area contributed by atoms with Crippen LogP contribution >= 0.6 is 0 Å². The molecule has 0 saturated carbocycles. The van der Waals surface area contributed by atoms with E-state index in [0.29, 0.717) is 0 Å². The van der Waals surface area contributed by atoms with E-state index in [-0.39, 0.29) is 5.75 Å². The van der Waals surface area contributed by atoms with Gasteiger partial charge in [0.25, 0.3) is 11.4 Å². The summed E-state index contributed by atoms with van der Waals surface area (Å²) in [6, 6.07) is 2.48. The largest absolute Gasteiger partial charge is 0.432 e. The van der Waals surface area contributed by atoms with Crippen LogP contribution in [0.1, 0.15) is 0 Å². The molecule has 0 radical (unpaired) electrons. The fourth-order valence-corrected chi connectivity index (χ4v) is 0.989. The Labute approximate surface area is 92.9 Å². The molecule has 0 fully saturated rings. The van der Waals surface area contributed by atoms with Crippen molar-refractivity contribution >= 4 is 11.4 Å². The lowest BCUT2D eigenvalue weighted by atomic mass is 10.2. The lowest BCUT2D eigenvalue weighted by molar-refractivity contribution is -0.514. The van der Waals surface area contributed by atoms with Gasteiger partial charge in [-0.15, -0.1) is 0 Å². The molecule has 0 heterocycles. The first-order valence-corrected chi connectivity index (χ1v) is 4.08. The highest BCUT2D eigenvalue weighted by molar-refractivity contribution is 5.49. The monoisotopic (exact) mass is 243 g/mol. The van der Waals surface area contributed by atoms with E-state index in [4.69, 9.17) is 0 Å². The van der Waals surface area contributed by atoms with E-state index in [1.807, 2.05) is 0 Å². The Hall–Kier alpha value is -2.78. The van der Waals surface area contributed by atoms with Gasteiger partial charge in [-0.2, -0.15) is 0 Å². The van der Waals surface area contributed by atoms with Crippen molar-refractivity contribution in [3.8, 4) is 5.75 Å². The van der Waals surface area contributed by atoms with Crippen molar-refractivity contribution in [2.45, 2.75) is 0 Å². The van der Waals surface area contributed by atoms with Crippen molar-refractivity contribution < 1.29 is 19.5 Å². The zero-order valence-electron chi connectivity index (χ0n) is 8.14. The molecule has 90 valence electrons. The first-order valence-electron chi connectivity index (χ1n) is 4.08. The molecule has 1 aromatic rings. The molecule has 0 atom stereocenters. The number of benzene rings is 1. The Morgan fingerprint density at radius 2 is 1.41 bits per heavy atom. The van der Waals surface area contributed by atoms with Crippen LogP contribution in [0.5, 0.6) is 5.75 Å². The third kappa shape index (κ3) is 3.37. The molecule has 0 bridgehead atoms. The van der Waals surface area contributed by atoms with Crippen molar-refractivity contribution in [3.63, 3.8) is 0 Å². The second-order valence-corrected chi connectivity index (χ2v) is 2.81. The molecular formula is C7H5N3O7. The quantitative estimate of drug-likeness (QED) is 0.428. The Morgan fingerprint density at radius 3 is 1.76 bits per heavy atom. The summed E-state index contributed by atoms with van der Waals surface area (Å²) in [5, 5.41) is 30.9. The lowest BCUT2D eigenvalue weighted by Crippen LogP contribution is -2.08. The summed E-state index contributed by atoms with van der Waals surface area (Å²) < 4.78 is 4.54. The zero-order valence-corrected chi connectivity index (χ0v) is 8.14. The first-order chi connectivity index (χ1) is 7.90. The second-order valence-electron chi connectivity index (χ2n) is 2.81. The van der Waals surface area contributed by atoms with Gasteiger partial charge in [-0.1, -0.05) is 0 Å². The van der Waals surface area contributed by atoms with E-state index < -0.39 is 32.9 Å².